The summed E-state index contributed by atoms with van der Waals surface area (Å²) in [6.07, 6.45) is -1.33. The number of likely N-dealkylation sites (tertiary alicyclic amines) is 1. The number of fused-ring (bicyclic) bond motifs is 4. The van der Waals surface area contributed by atoms with E-state index in [0.717, 1.165) is 21.8 Å². The summed E-state index contributed by atoms with van der Waals surface area (Å²) in [6.45, 7) is 6.17. The first-order chi connectivity index (χ1) is 14.3. The van der Waals surface area contributed by atoms with Crippen LogP contribution in [0.1, 0.15) is 26.8 Å². The molecule has 0 radical (unpaired) electrons. The summed E-state index contributed by atoms with van der Waals surface area (Å²) in [5.74, 6) is 0. The van der Waals surface area contributed by atoms with Crippen LogP contribution in [0.2, 0.25) is 0 Å². The summed E-state index contributed by atoms with van der Waals surface area (Å²) < 4.78 is 31.1. The molecular weight excluding hydrogens is 404 g/mol. The van der Waals surface area contributed by atoms with Crippen molar-refractivity contribution < 1.29 is 22.1 Å². The predicted molar refractivity (Wildman–Crippen MR) is 114 cm³/mol. The molecule has 2 saturated heterocycles. The Labute approximate surface area is 177 Å². The highest BCUT2D eigenvalue weighted by Gasteiger charge is 2.49. The first kappa shape index (κ1) is 19.5. The van der Waals surface area contributed by atoms with E-state index in [4.69, 9.17) is 13.1 Å². The Morgan fingerprint density at radius 3 is 2.20 bits per heavy atom. The lowest BCUT2D eigenvalue weighted by Gasteiger charge is -2.39. The van der Waals surface area contributed by atoms with Crippen LogP contribution in [0.5, 0.6) is 0 Å². The third-order valence-electron chi connectivity index (χ3n) is 5.55. The Morgan fingerprint density at radius 1 is 1.00 bits per heavy atom. The molecular formula is C22H24N2O5S. The lowest BCUT2D eigenvalue weighted by Crippen LogP contribution is -2.54. The van der Waals surface area contributed by atoms with Crippen LogP contribution in [0.3, 0.4) is 0 Å². The zero-order chi connectivity index (χ0) is 21.0. The molecule has 30 heavy (non-hydrogen) atoms. The smallest absolute Gasteiger partial charge is 0.410 e. The minimum atomic E-state index is -1.83. The highest BCUT2D eigenvalue weighted by atomic mass is 32.2. The van der Waals surface area contributed by atoms with Gasteiger partial charge in [0.25, 0.3) is 0 Å². The van der Waals surface area contributed by atoms with Crippen molar-refractivity contribution in [1.29, 1.82) is 0 Å². The number of ether oxygens (including phenoxy) is 1. The van der Waals surface area contributed by atoms with Crippen molar-refractivity contribution >= 4 is 39.3 Å². The van der Waals surface area contributed by atoms with Crippen molar-refractivity contribution in [1.82, 2.24) is 9.47 Å². The monoisotopic (exact) mass is 428 g/mol. The summed E-state index contributed by atoms with van der Waals surface area (Å²) in [7, 11) is 0. The van der Waals surface area contributed by atoms with E-state index in [1.807, 2.05) is 45.0 Å². The molecule has 0 N–H and O–H groups in total. The maximum atomic E-state index is 12.8. The number of carbonyl (C=O) groups excluding carboxylic acids is 1. The molecule has 2 aliphatic heterocycles. The summed E-state index contributed by atoms with van der Waals surface area (Å²) in [5, 5.41) is 2.25. The molecule has 4 atom stereocenters. The van der Waals surface area contributed by atoms with E-state index in [-0.39, 0.29) is 12.6 Å². The van der Waals surface area contributed by atoms with Gasteiger partial charge in [-0.05, 0) is 32.9 Å². The first-order valence-corrected chi connectivity index (χ1v) is 11.0. The van der Waals surface area contributed by atoms with Gasteiger partial charge in [0.1, 0.15) is 17.8 Å². The first-order valence-electron chi connectivity index (χ1n) is 10.0. The predicted octanol–water partition coefficient (Wildman–Crippen LogP) is 3.95. The van der Waals surface area contributed by atoms with Gasteiger partial charge < -0.3 is 14.2 Å². The van der Waals surface area contributed by atoms with Gasteiger partial charge in [-0.2, -0.15) is 4.21 Å². The number of aromatic nitrogens is 1. The van der Waals surface area contributed by atoms with E-state index in [0.29, 0.717) is 6.54 Å². The number of para-hydroxylation sites is 2. The molecule has 4 unspecified atom stereocenters. The van der Waals surface area contributed by atoms with Crippen molar-refractivity contribution in [3.8, 4) is 0 Å². The average Bonchev–Trinajstić information content (AvgIpc) is 3.23. The lowest BCUT2D eigenvalue weighted by molar-refractivity contribution is -0.0162. The minimum absolute atomic E-state index is 0.271. The maximum Gasteiger partial charge on any atom is 0.410 e. The van der Waals surface area contributed by atoms with Crippen LogP contribution >= 0.6 is 0 Å². The Hall–Kier alpha value is -2.42. The molecule has 3 heterocycles. The van der Waals surface area contributed by atoms with E-state index in [1.54, 1.807) is 4.90 Å². The maximum absolute atomic E-state index is 12.8. The van der Waals surface area contributed by atoms with Crippen LogP contribution in [0.25, 0.3) is 21.8 Å². The number of amides is 1. The number of carbonyl (C=O) groups is 1. The van der Waals surface area contributed by atoms with Gasteiger partial charge in [0.05, 0.1) is 12.6 Å². The number of benzene rings is 2. The standard InChI is InChI=1S/C22H24N2O5S/c1-22(2,3)27-21(25)23-12-18(20-19(13-23)28-30(26)29-20)24-16-10-6-4-8-14(16)15-9-5-7-11-17(15)24/h4-11,18-20H,12-13H2,1-3H3. The van der Waals surface area contributed by atoms with Gasteiger partial charge in [-0.15, -0.1) is 0 Å². The molecule has 1 amide bonds. The number of piperidine rings is 1. The van der Waals surface area contributed by atoms with Crippen LogP contribution in [-0.4, -0.2) is 50.7 Å². The van der Waals surface area contributed by atoms with Crippen molar-refractivity contribution in [3.05, 3.63) is 48.5 Å². The molecule has 2 aliphatic rings. The molecule has 158 valence electrons. The van der Waals surface area contributed by atoms with Gasteiger partial charge >= 0.3 is 17.5 Å². The zero-order valence-electron chi connectivity index (χ0n) is 17.1. The molecule has 3 aromatic rings. The van der Waals surface area contributed by atoms with Crippen LogP contribution in [0.15, 0.2) is 48.5 Å². The SMILES string of the molecule is CC(C)(C)OC(=O)N1CC2OS(=O)OC2C(n2c3ccccc3c3ccccc32)C1. The largest absolute Gasteiger partial charge is 0.444 e. The second-order valence-corrected chi connectivity index (χ2v) is 9.55. The fourth-order valence-corrected chi connectivity index (χ4v) is 5.26. The third kappa shape index (κ3) is 3.29. The van der Waals surface area contributed by atoms with E-state index in [2.05, 4.69) is 28.8 Å². The molecule has 0 saturated carbocycles. The van der Waals surface area contributed by atoms with Crippen LogP contribution in [0.4, 0.5) is 4.79 Å². The molecule has 2 fully saturated rings. The molecule has 0 bridgehead atoms. The van der Waals surface area contributed by atoms with E-state index in [9.17, 15) is 9.00 Å². The Bertz CT molecular complexity index is 1100. The van der Waals surface area contributed by atoms with Crippen molar-refractivity contribution in [2.75, 3.05) is 13.1 Å². The van der Waals surface area contributed by atoms with Gasteiger partial charge in [0.15, 0.2) is 0 Å². The van der Waals surface area contributed by atoms with Crippen LogP contribution in [-0.2, 0) is 24.5 Å². The minimum Gasteiger partial charge on any atom is -0.444 e. The Balaban J connectivity index is 1.63. The molecule has 7 nitrogen and oxygen atoms in total. The summed E-state index contributed by atoms with van der Waals surface area (Å²) in [6, 6.07) is 16.0. The van der Waals surface area contributed by atoms with Gasteiger partial charge in [0, 0.05) is 28.4 Å². The number of nitrogens with zero attached hydrogens (tertiary/aromatic N) is 2. The summed E-state index contributed by atoms with van der Waals surface area (Å²) >= 11 is -1.83. The van der Waals surface area contributed by atoms with E-state index in [1.165, 1.54) is 0 Å². The average molecular weight is 429 g/mol. The fourth-order valence-electron chi connectivity index (χ4n) is 4.41. The number of rotatable bonds is 1. The van der Waals surface area contributed by atoms with Gasteiger partial charge in [-0.1, -0.05) is 36.4 Å². The third-order valence-corrected chi connectivity index (χ3v) is 6.33. The van der Waals surface area contributed by atoms with Crippen LogP contribution < -0.4 is 0 Å². The highest BCUT2D eigenvalue weighted by Crippen LogP contribution is 2.39. The molecule has 5 rings (SSSR count). The van der Waals surface area contributed by atoms with Gasteiger partial charge in [-0.3, -0.25) is 8.37 Å². The molecule has 0 aliphatic carbocycles. The van der Waals surface area contributed by atoms with Gasteiger partial charge in [-0.25, -0.2) is 4.79 Å². The second kappa shape index (κ2) is 7.08. The summed E-state index contributed by atoms with van der Waals surface area (Å²) in [4.78, 5) is 14.5. The quantitative estimate of drug-likeness (QED) is 0.587. The topological polar surface area (TPSA) is 70.0 Å². The van der Waals surface area contributed by atoms with Crippen molar-refractivity contribution in [3.63, 3.8) is 0 Å². The second-order valence-electron chi connectivity index (χ2n) is 8.76. The van der Waals surface area contributed by atoms with E-state index < -0.39 is 35.3 Å². The van der Waals surface area contributed by atoms with Crippen molar-refractivity contribution in [2.24, 2.45) is 0 Å². The molecule has 1 aromatic heterocycles. The normalized spacial score (nSPS) is 26.8. The molecule has 8 heteroatoms. The Morgan fingerprint density at radius 2 is 1.60 bits per heavy atom. The number of hydrogen-bond acceptors (Lipinski definition) is 5. The molecule has 2 aromatic carbocycles. The van der Waals surface area contributed by atoms with E-state index >= 15 is 0 Å². The van der Waals surface area contributed by atoms with Crippen molar-refractivity contribution in [2.45, 2.75) is 44.6 Å². The van der Waals surface area contributed by atoms with Crippen LogP contribution in [0, 0.1) is 0 Å². The number of hydrogen-bond donors (Lipinski definition) is 0. The van der Waals surface area contributed by atoms with Gasteiger partial charge in [0.2, 0.25) is 0 Å². The lowest BCUT2D eigenvalue weighted by atomic mass is 9.99. The summed E-state index contributed by atoms with van der Waals surface area (Å²) in [5.41, 5.74) is 1.47. The highest BCUT2D eigenvalue weighted by molar-refractivity contribution is 7.75. The Kier molecular flexibility index (Phi) is 4.61. The zero-order valence-corrected chi connectivity index (χ0v) is 17.9. The molecule has 0 spiro atoms. The fraction of sp³-hybridized carbons (Fsp3) is 0.409.